The molecule has 0 saturated heterocycles. The molecule has 3 heteroatoms. The molecule has 0 N–H and O–H groups in total. The minimum absolute atomic E-state index is 0.514. The molecular weight excluding hydrogens is 1480 g/mol. The van der Waals surface area contributed by atoms with E-state index in [0.29, 0.717) is 0 Å². The van der Waals surface area contributed by atoms with Crippen LogP contribution in [0.15, 0.2) is 425 Å². The van der Waals surface area contributed by atoms with E-state index >= 15 is 0 Å². The van der Waals surface area contributed by atoms with Gasteiger partial charge in [-0.25, -0.2) is 9.97 Å². The molecule has 0 aliphatic heterocycles. The minimum Gasteiger partial charge on any atom is -0.242 e. The van der Waals surface area contributed by atoms with Crippen molar-refractivity contribution in [2.75, 3.05) is 0 Å². The van der Waals surface area contributed by atoms with Crippen molar-refractivity contribution in [2.45, 2.75) is 21.7 Å². The van der Waals surface area contributed by atoms with E-state index in [0.717, 1.165) is 75.6 Å². The van der Waals surface area contributed by atoms with Crippen LogP contribution in [0.1, 0.15) is 89.0 Å². The summed E-state index contributed by atoms with van der Waals surface area (Å²) in [7, 11) is 0. The summed E-state index contributed by atoms with van der Waals surface area (Å²) in [6.07, 6.45) is 0. The van der Waals surface area contributed by atoms with E-state index in [1.54, 1.807) is 0 Å². The zero-order valence-corrected chi connectivity index (χ0v) is 66.5. The van der Waals surface area contributed by atoms with Crippen LogP contribution in [-0.2, 0) is 21.7 Å². The van der Waals surface area contributed by atoms with Crippen LogP contribution in [0.4, 0.5) is 0 Å². The van der Waals surface area contributed by atoms with E-state index in [2.05, 4.69) is 425 Å². The Balaban J connectivity index is 0.759. The number of hydrogen-bond acceptors (Lipinski definition) is 3. The van der Waals surface area contributed by atoms with Gasteiger partial charge in [-0.2, -0.15) is 0 Å². The quantitative estimate of drug-likeness (QED) is 0.142. The highest BCUT2D eigenvalue weighted by molar-refractivity contribution is 7.21. The minimum atomic E-state index is -0.648. The summed E-state index contributed by atoms with van der Waals surface area (Å²) in [5.74, 6) is 0. The van der Waals surface area contributed by atoms with Gasteiger partial charge in [0.1, 0.15) is 11.0 Å². The largest absolute Gasteiger partial charge is 0.242 e. The fraction of sp³-hybridized carbons (Fsp3) is 0.0339. The highest BCUT2D eigenvalue weighted by Crippen LogP contribution is 2.68. The molecule has 0 amide bonds. The molecule has 0 radical (unpaired) electrons. The highest BCUT2D eigenvalue weighted by atomic mass is 32.1. The second kappa shape index (κ2) is 24.8. The molecule has 121 heavy (non-hydrogen) atoms. The molecule has 2 aromatic heterocycles. The van der Waals surface area contributed by atoms with Crippen LogP contribution >= 0.6 is 11.3 Å². The molecule has 0 fully saturated rings. The molecule has 558 valence electrons. The van der Waals surface area contributed by atoms with Gasteiger partial charge in [0.15, 0.2) is 0 Å². The SMILES string of the molecule is c1ccc(C2(c3ccccc3)c3ccccc3-c3ccc(-c4sc(-c5ccc6c(c5)C(c5ccccc5)(c5ccccc5)c5ccccc5-6)c5nc6c7cc(-c8cccc9c8-c8ccccc8C98c9ccccc9-c9ccccc98)ccc7c7ccc(-c8cccc9c8-c8ccccc8C98c9ccccc9-c9ccccc98)cc7c6nc45)cc32)cc1. The van der Waals surface area contributed by atoms with Crippen LogP contribution < -0.4 is 0 Å². The summed E-state index contributed by atoms with van der Waals surface area (Å²) in [5, 5.41) is 4.34. The summed E-state index contributed by atoms with van der Waals surface area (Å²) < 4.78 is 0. The van der Waals surface area contributed by atoms with Gasteiger partial charge in [-0.3, -0.25) is 0 Å². The number of nitrogens with zero attached hydrogens (tertiary/aromatic N) is 2. The number of fused-ring (bicyclic) bond motifs is 33. The lowest BCUT2D eigenvalue weighted by atomic mass is 9.67. The van der Waals surface area contributed by atoms with Gasteiger partial charge < -0.3 is 0 Å². The maximum atomic E-state index is 6.47. The van der Waals surface area contributed by atoms with Crippen molar-refractivity contribution in [3.05, 3.63) is 514 Å². The van der Waals surface area contributed by atoms with Crippen molar-refractivity contribution in [2.24, 2.45) is 0 Å². The standard InChI is InChI=1S/C118H70N2S/c1-5-31-75(32-6-1)115(76-33-7-2-8-34-76)95-49-21-13-43-87(95)89-65-61-73(69-105(89)115)113-111-112(114(121-113)74-62-66-90-88-44-14-22-50-96(88)116(106(90)70-74,77-35-9-3-10-36-77)78-37-11-4-12-38-78)120-110-94-68-72(80-48-30-58-104-108(80)92-46-20-28-56-102(92)118(104)99-53-25-17-41-85(99)86-42-18-26-54-100(86)118)60-64-82(94)81-63-59-71(67-93(81)109(110)119-111)79-47-29-57-103-107(79)91-45-19-27-55-101(91)117(103)97-51-23-15-39-83(97)84-40-16-24-52-98(84)117/h1-70H. The summed E-state index contributed by atoms with van der Waals surface area (Å²) >= 11 is 1.83. The first-order valence-corrected chi connectivity index (χ1v) is 43.1. The Morgan fingerprint density at radius 1 is 0.157 bits per heavy atom. The second-order valence-electron chi connectivity index (χ2n) is 33.7. The van der Waals surface area contributed by atoms with Gasteiger partial charge in [-0.1, -0.05) is 400 Å². The fourth-order valence-corrected chi connectivity index (χ4v) is 25.1. The van der Waals surface area contributed by atoms with Gasteiger partial charge in [0.25, 0.3) is 0 Å². The Morgan fingerprint density at radius 2 is 0.405 bits per heavy atom. The van der Waals surface area contributed by atoms with E-state index in [4.69, 9.17) is 9.97 Å². The molecule has 27 rings (SSSR count). The lowest BCUT2D eigenvalue weighted by Gasteiger charge is -2.34. The fourth-order valence-electron chi connectivity index (χ4n) is 23.9. The molecule has 6 aliphatic carbocycles. The van der Waals surface area contributed by atoms with Crippen LogP contribution in [0.3, 0.4) is 0 Å². The van der Waals surface area contributed by atoms with Gasteiger partial charge in [-0.15, -0.1) is 11.3 Å². The smallest absolute Gasteiger partial charge is 0.109 e. The van der Waals surface area contributed by atoms with E-state index in [1.165, 1.54) is 167 Å². The van der Waals surface area contributed by atoms with E-state index < -0.39 is 21.7 Å². The van der Waals surface area contributed by atoms with Gasteiger partial charge in [-0.05, 0) is 224 Å². The molecule has 2 heterocycles. The van der Waals surface area contributed by atoms with Crippen molar-refractivity contribution in [1.29, 1.82) is 0 Å². The monoisotopic (exact) mass is 1550 g/mol. The first-order chi connectivity index (χ1) is 60.0. The molecule has 6 aliphatic rings. The predicted octanol–water partition coefficient (Wildman–Crippen LogP) is 29.2. The maximum absolute atomic E-state index is 6.47. The number of hydrogen-bond donors (Lipinski definition) is 0. The average Bonchev–Trinajstić information content (AvgIpc) is 1.50. The van der Waals surface area contributed by atoms with Crippen LogP contribution in [0.2, 0.25) is 0 Å². The van der Waals surface area contributed by atoms with Crippen molar-refractivity contribution in [3.63, 3.8) is 0 Å². The average molecular weight is 1550 g/mol. The normalized spacial score (nSPS) is 14.5. The third-order valence-corrected chi connectivity index (χ3v) is 29.7. The Kier molecular flexibility index (Phi) is 13.7. The Bertz CT molecular complexity index is 7450. The van der Waals surface area contributed by atoms with Crippen molar-refractivity contribution in [3.8, 4) is 110 Å². The van der Waals surface area contributed by atoms with Crippen LogP contribution in [0, 0.1) is 0 Å². The topological polar surface area (TPSA) is 25.8 Å². The molecule has 2 spiro atoms. The summed E-state index contributed by atoms with van der Waals surface area (Å²) in [5.41, 5.74) is 43.6. The van der Waals surface area contributed by atoms with Crippen LogP contribution in [0.25, 0.3) is 154 Å². The Morgan fingerprint density at radius 3 is 0.727 bits per heavy atom. The van der Waals surface area contributed by atoms with Gasteiger partial charge in [0.05, 0.1) is 42.4 Å². The molecule has 2 nitrogen and oxygen atoms in total. The summed E-state index contributed by atoms with van der Waals surface area (Å²) in [6.45, 7) is 0. The first-order valence-electron chi connectivity index (χ1n) is 42.3. The van der Waals surface area contributed by atoms with Gasteiger partial charge >= 0.3 is 0 Å². The lowest BCUT2D eigenvalue weighted by molar-refractivity contribution is 0.769. The second-order valence-corrected chi connectivity index (χ2v) is 34.7. The molecule has 0 bridgehead atoms. The van der Waals surface area contributed by atoms with Gasteiger partial charge in [0, 0.05) is 10.8 Å². The highest BCUT2D eigenvalue weighted by Gasteiger charge is 2.55. The number of rotatable bonds is 8. The zero-order valence-electron chi connectivity index (χ0n) is 65.7. The van der Waals surface area contributed by atoms with Crippen molar-refractivity contribution in [1.82, 2.24) is 9.97 Å². The Hall–Kier alpha value is -15.0. The third-order valence-electron chi connectivity index (χ3n) is 28.5. The third kappa shape index (κ3) is 8.55. The number of thiophene rings is 1. The zero-order chi connectivity index (χ0) is 79.0. The first kappa shape index (κ1) is 67.1. The lowest BCUT2D eigenvalue weighted by Crippen LogP contribution is -2.28. The molecule has 0 atom stereocenters. The van der Waals surface area contributed by atoms with Crippen LogP contribution in [-0.4, -0.2) is 9.97 Å². The predicted molar refractivity (Wildman–Crippen MR) is 499 cm³/mol. The summed E-state index contributed by atoms with van der Waals surface area (Å²) in [6, 6.07) is 161. The molecule has 0 unspecified atom stereocenters. The molecule has 21 aromatic rings. The van der Waals surface area contributed by atoms with Crippen molar-refractivity contribution < 1.29 is 0 Å². The molecule has 19 aromatic carbocycles. The van der Waals surface area contributed by atoms with Gasteiger partial charge in [0.2, 0.25) is 0 Å². The van der Waals surface area contributed by atoms with Crippen molar-refractivity contribution >= 4 is 54.9 Å². The van der Waals surface area contributed by atoms with E-state index in [9.17, 15) is 0 Å². The van der Waals surface area contributed by atoms with Crippen LogP contribution in [0.5, 0.6) is 0 Å². The molecule has 0 saturated carbocycles. The van der Waals surface area contributed by atoms with E-state index in [1.807, 2.05) is 11.3 Å². The summed E-state index contributed by atoms with van der Waals surface area (Å²) in [4.78, 5) is 15.1. The Labute approximate surface area is 705 Å². The molecular formula is C118H70N2S. The number of aromatic nitrogens is 2. The van der Waals surface area contributed by atoms with E-state index in [-0.39, 0.29) is 0 Å². The number of benzene rings is 19. The maximum Gasteiger partial charge on any atom is 0.109 e.